The van der Waals surface area contributed by atoms with E-state index in [1.165, 1.54) is 6.20 Å². The van der Waals surface area contributed by atoms with E-state index >= 15 is 0 Å². The Labute approximate surface area is 165 Å². The van der Waals surface area contributed by atoms with Crippen LogP contribution in [0.1, 0.15) is 9.67 Å². The third kappa shape index (κ3) is 3.47. The van der Waals surface area contributed by atoms with Crippen LogP contribution in [0, 0.1) is 0 Å². The molecular weight excluding hydrogens is 400 g/mol. The van der Waals surface area contributed by atoms with Crippen LogP contribution in [-0.2, 0) is 9.84 Å². The van der Waals surface area contributed by atoms with Gasteiger partial charge in [0.25, 0.3) is 5.91 Å². The predicted octanol–water partition coefficient (Wildman–Crippen LogP) is 1.62. The molecule has 146 valence electrons. The highest BCUT2D eigenvalue weighted by molar-refractivity contribution is 7.92. The first-order valence-electron chi connectivity index (χ1n) is 8.60. The second-order valence-corrected chi connectivity index (χ2v) is 9.53. The number of anilines is 1. The molecule has 2 aromatic carbocycles. The molecule has 1 saturated heterocycles. The number of thiazole rings is 1. The Bertz CT molecular complexity index is 1130. The van der Waals surface area contributed by atoms with E-state index in [4.69, 9.17) is 5.21 Å². The standard InChI is InChI=1S/C18H18N4O4S2/c23-17(21-24)15-10-20-18(27-15)22-8-7-19-16(11-22)28(25,26)14-6-5-12-3-1-2-4-13(12)9-14/h1-6,9-10,16,19,24H,7-8,11H2,(H,21,23). The molecule has 1 aliphatic rings. The molecule has 1 amide bonds. The number of benzene rings is 2. The number of piperazine rings is 1. The Morgan fingerprint density at radius 2 is 2.04 bits per heavy atom. The molecule has 4 rings (SSSR count). The number of rotatable bonds is 4. The number of hydroxylamine groups is 1. The van der Waals surface area contributed by atoms with Crippen LogP contribution in [0.15, 0.2) is 53.6 Å². The van der Waals surface area contributed by atoms with Crippen molar-refractivity contribution >= 4 is 43.0 Å². The number of sulfone groups is 1. The highest BCUT2D eigenvalue weighted by Crippen LogP contribution is 2.27. The molecular formula is C18H18N4O4S2. The summed E-state index contributed by atoms with van der Waals surface area (Å²) in [4.78, 5) is 18.1. The van der Waals surface area contributed by atoms with Crippen molar-refractivity contribution in [1.29, 1.82) is 0 Å². The van der Waals surface area contributed by atoms with E-state index in [9.17, 15) is 13.2 Å². The lowest BCUT2D eigenvalue weighted by atomic mass is 10.1. The number of fused-ring (bicyclic) bond motifs is 1. The van der Waals surface area contributed by atoms with E-state index in [-0.39, 0.29) is 16.3 Å². The molecule has 0 bridgehead atoms. The number of aromatic nitrogens is 1. The average Bonchev–Trinajstić information content (AvgIpc) is 3.23. The van der Waals surface area contributed by atoms with Crippen LogP contribution in [0.2, 0.25) is 0 Å². The molecule has 0 radical (unpaired) electrons. The van der Waals surface area contributed by atoms with Gasteiger partial charge in [0.05, 0.1) is 17.6 Å². The van der Waals surface area contributed by atoms with Gasteiger partial charge in [0.1, 0.15) is 10.3 Å². The monoisotopic (exact) mass is 418 g/mol. The summed E-state index contributed by atoms with van der Waals surface area (Å²) >= 11 is 1.10. The first kappa shape index (κ1) is 18.8. The summed E-state index contributed by atoms with van der Waals surface area (Å²) in [6.45, 7) is 1.25. The van der Waals surface area contributed by atoms with E-state index in [0.29, 0.717) is 18.2 Å². The van der Waals surface area contributed by atoms with Gasteiger partial charge >= 0.3 is 0 Å². The number of carbonyl (C=O) groups excluding carboxylic acids is 1. The molecule has 1 atom stereocenters. The van der Waals surface area contributed by atoms with Gasteiger partial charge in [-0.05, 0) is 22.9 Å². The molecule has 0 saturated carbocycles. The Morgan fingerprint density at radius 1 is 1.25 bits per heavy atom. The number of nitrogens with zero attached hydrogens (tertiary/aromatic N) is 2. The van der Waals surface area contributed by atoms with Crippen molar-refractivity contribution in [1.82, 2.24) is 15.8 Å². The van der Waals surface area contributed by atoms with Crippen molar-refractivity contribution in [3.8, 4) is 0 Å². The van der Waals surface area contributed by atoms with E-state index in [2.05, 4.69) is 10.3 Å². The van der Waals surface area contributed by atoms with Gasteiger partial charge in [-0.3, -0.25) is 15.3 Å². The van der Waals surface area contributed by atoms with E-state index in [1.807, 2.05) is 35.2 Å². The summed E-state index contributed by atoms with van der Waals surface area (Å²) in [7, 11) is -3.60. The minimum absolute atomic E-state index is 0.211. The van der Waals surface area contributed by atoms with Crippen molar-refractivity contribution in [3.63, 3.8) is 0 Å². The van der Waals surface area contributed by atoms with Crippen molar-refractivity contribution in [2.24, 2.45) is 0 Å². The summed E-state index contributed by atoms with van der Waals surface area (Å²) in [5.41, 5.74) is 1.57. The number of amides is 1. The van der Waals surface area contributed by atoms with E-state index in [0.717, 1.165) is 22.1 Å². The first-order valence-corrected chi connectivity index (χ1v) is 11.0. The average molecular weight is 419 g/mol. The Hall–Kier alpha value is -2.53. The lowest BCUT2D eigenvalue weighted by Crippen LogP contribution is -2.54. The smallest absolute Gasteiger partial charge is 0.286 e. The van der Waals surface area contributed by atoms with Crippen molar-refractivity contribution in [2.45, 2.75) is 10.3 Å². The molecule has 0 spiro atoms. The molecule has 3 N–H and O–H groups in total. The maximum absolute atomic E-state index is 13.2. The van der Waals surface area contributed by atoms with Crippen LogP contribution >= 0.6 is 11.3 Å². The Balaban J connectivity index is 1.59. The van der Waals surface area contributed by atoms with Gasteiger partial charge in [0.15, 0.2) is 15.0 Å². The van der Waals surface area contributed by atoms with Gasteiger partial charge in [0, 0.05) is 13.1 Å². The Morgan fingerprint density at radius 3 is 2.82 bits per heavy atom. The number of hydrogen-bond donors (Lipinski definition) is 3. The molecule has 1 unspecified atom stereocenters. The van der Waals surface area contributed by atoms with Crippen molar-refractivity contribution in [2.75, 3.05) is 24.5 Å². The number of carbonyl (C=O) groups is 1. The predicted molar refractivity (Wildman–Crippen MR) is 107 cm³/mol. The summed E-state index contributed by atoms with van der Waals surface area (Å²) in [5.74, 6) is -0.640. The molecule has 1 aromatic heterocycles. The van der Waals surface area contributed by atoms with Crippen molar-refractivity contribution < 1.29 is 18.4 Å². The molecule has 3 aromatic rings. The van der Waals surface area contributed by atoms with E-state index in [1.54, 1.807) is 17.6 Å². The maximum atomic E-state index is 13.2. The fourth-order valence-corrected chi connectivity index (χ4v) is 5.61. The maximum Gasteiger partial charge on any atom is 0.286 e. The van der Waals surface area contributed by atoms with Gasteiger partial charge in [-0.25, -0.2) is 18.9 Å². The topological polar surface area (TPSA) is 112 Å². The first-order chi connectivity index (χ1) is 13.5. The second-order valence-electron chi connectivity index (χ2n) is 6.39. The van der Waals surface area contributed by atoms with E-state index < -0.39 is 21.1 Å². The zero-order valence-electron chi connectivity index (χ0n) is 14.7. The second kappa shape index (κ2) is 7.47. The molecule has 2 heterocycles. The van der Waals surface area contributed by atoms with Crippen LogP contribution < -0.4 is 15.7 Å². The van der Waals surface area contributed by atoms with Gasteiger partial charge in [-0.1, -0.05) is 41.7 Å². The highest BCUT2D eigenvalue weighted by atomic mass is 32.2. The summed E-state index contributed by atoms with van der Waals surface area (Å²) in [6, 6.07) is 12.7. The largest absolute Gasteiger partial charge is 0.344 e. The van der Waals surface area contributed by atoms with Crippen LogP contribution in [-0.4, -0.2) is 49.5 Å². The normalized spacial score (nSPS) is 17.6. The third-order valence-corrected chi connectivity index (χ3v) is 7.69. The van der Waals surface area contributed by atoms with Gasteiger partial charge in [-0.15, -0.1) is 0 Å². The Kier molecular flexibility index (Phi) is 5.02. The summed E-state index contributed by atoms with van der Waals surface area (Å²) < 4.78 is 26.3. The van der Waals surface area contributed by atoms with Gasteiger partial charge in [0.2, 0.25) is 0 Å². The van der Waals surface area contributed by atoms with Crippen LogP contribution in [0.5, 0.6) is 0 Å². The van der Waals surface area contributed by atoms with Gasteiger partial charge in [-0.2, -0.15) is 0 Å². The van der Waals surface area contributed by atoms with Crippen LogP contribution in [0.3, 0.4) is 0 Å². The number of nitrogens with one attached hydrogen (secondary N) is 2. The lowest BCUT2D eigenvalue weighted by molar-refractivity contribution is 0.0710. The zero-order valence-corrected chi connectivity index (χ0v) is 16.3. The third-order valence-electron chi connectivity index (χ3n) is 4.65. The quantitative estimate of drug-likeness (QED) is 0.436. The van der Waals surface area contributed by atoms with Gasteiger partial charge < -0.3 is 4.90 Å². The summed E-state index contributed by atoms with van der Waals surface area (Å²) in [6.07, 6.45) is 1.36. The minimum Gasteiger partial charge on any atom is -0.344 e. The minimum atomic E-state index is -3.60. The van der Waals surface area contributed by atoms with Crippen molar-refractivity contribution in [3.05, 3.63) is 53.5 Å². The molecule has 1 aliphatic heterocycles. The van der Waals surface area contributed by atoms with Crippen LogP contribution in [0.25, 0.3) is 10.8 Å². The lowest BCUT2D eigenvalue weighted by Gasteiger charge is -2.33. The molecule has 1 fully saturated rings. The highest BCUT2D eigenvalue weighted by Gasteiger charge is 2.33. The summed E-state index contributed by atoms with van der Waals surface area (Å²) in [5, 5.41) is 13.4. The molecule has 28 heavy (non-hydrogen) atoms. The van der Waals surface area contributed by atoms with Crippen LogP contribution in [0.4, 0.5) is 5.13 Å². The molecule has 10 heteroatoms. The fraction of sp³-hybridized carbons (Fsp3) is 0.222. The number of hydrogen-bond acceptors (Lipinski definition) is 8. The fourth-order valence-electron chi connectivity index (χ4n) is 3.18. The SMILES string of the molecule is O=C(NO)c1cnc(N2CCNC(S(=O)(=O)c3ccc4ccccc4c3)C2)s1. The zero-order chi connectivity index (χ0) is 19.7. The molecule has 0 aliphatic carbocycles. The molecule has 8 nitrogen and oxygen atoms in total.